The Kier molecular flexibility index (Phi) is 17.5. The fourth-order valence-electron chi connectivity index (χ4n) is 3.30. The molecule has 0 amide bonds. The molecule has 0 aliphatic heterocycles. The van der Waals surface area contributed by atoms with Crippen molar-refractivity contribution in [1.29, 1.82) is 0 Å². The summed E-state index contributed by atoms with van der Waals surface area (Å²) in [6.45, 7) is 12.2. The number of unbranched alkanes of at least 4 members (excludes halogenated alkanes) is 5. The second-order valence-corrected chi connectivity index (χ2v) is 9.85. The molecular weight excluding hydrogens is 446 g/mol. The molecule has 0 heterocycles. The Morgan fingerprint density at radius 1 is 0.743 bits per heavy atom. The average Bonchev–Trinajstić information content (AvgIpc) is 2.79. The van der Waals surface area contributed by atoms with Crippen LogP contribution in [0.15, 0.2) is 24.3 Å². The Bertz CT molecular complexity index is 642. The van der Waals surface area contributed by atoms with E-state index >= 15 is 0 Å². The molecule has 2 N–H and O–H groups in total. The zero-order valence-corrected chi connectivity index (χ0v) is 22.5. The maximum absolute atomic E-state index is 11.6. The van der Waals surface area contributed by atoms with Crippen LogP contribution in [0.25, 0.3) is 0 Å². The molecule has 1 atom stereocenters. The van der Waals surface area contributed by atoms with Crippen LogP contribution in [0.1, 0.15) is 90.7 Å². The lowest BCUT2D eigenvalue weighted by Crippen LogP contribution is -2.23. The zero-order valence-electron chi connectivity index (χ0n) is 22.5. The molecule has 1 aromatic carbocycles. The number of hydrogen-bond donors (Lipinski definition) is 1. The predicted molar refractivity (Wildman–Crippen MR) is 140 cm³/mol. The van der Waals surface area contributed by atoms with Crippen LogP contribution in [-0.4, -0.2) is 57.8 Å². The Morgan fingerprint density at radius 3 is 1.74 bits per heavy atom. The smallest absolute Gasteiger partial charge is 0.306 e. The van der Waals surface area contributed by atoms with E-state index in [1.807, 2.05) is 52.0 Å². The van der Waals surface area contributed by atoms with Crippen molar-refractivity contribution in [3.8, 4) is 5.75 Å². The summed E-state index contributed by atoms with van der Waals surface area (Å²) < 4.78 is 27.8. The van der Waals surface area contributed by atoms with Gasteiger partial charge in [0.05, 0.1) is 33.0 Å². The van der Waals surface area contributed by atoms with Crippen molar-refractivity contribution in [1.82, 2.24) is 0 Å². The van der Waals surface area contributed by atoms with Gasteiger partial charge in [-0.1, -0.05) is 25.0 Å². The van der Waals surface area contributed by atoms with E-state index in [1.54, 1.807) is 0 Å². The largest absolute Gasteiger partial charge is 0.494 e. The molecule has 0 saturated heterocycles. The highest BCUT2D eigenvalue weighted by Gasteiger charge is 2.15. The van der Waals surface area contributed by atoms with Gasteiger partial charge in [-0.25, -0.2) is 0 Å². The van der Waals surface area contributed by atoms with Gasteiger partial charge in [0.15, 0.2) is 0 Å². The van der Waals surface area contributed by atoms with E-state index in [9.17, 15) is 4.79 Å². The molecule has 1 rings (SSSR count). The lowest BCUT2D eigenvalue weighted by atomic mass is 10.1. The minimum absolute atomic E-state index is 0.0531. The van der Waals surface area contributed by atoms with Crippen LogP contribution in [0.3, 0.4) is 0 Å². The molecule has 0 spiro atoms. The summed E-state index contributed by atoms with van der Waals surface area (Å²) in [5, 5.41) is 0. The van der Waals surface area contributed by atoms with Crippen LogP contribution in [0, 0.1) is 0 Å². The topological polar surface area (TPSA) is 89.2 Å². The van der Waals surface area contributed by atoms with Crippen LogP contribution in [0.5, 0.6) is 5.75 Å². The van der Waals surface area contributed by atoms with Gasteiger partial charge in [-0.15, -0.1) is 0 Å². The first-order valence-electron chi connectivity index (χ1n) is 13.2. The Morgan fingerprint density at radius 2 is 1.23 bits per heavy atom. The van der Waals surface area contributed by atoms with Crippen LogP contribution >= 0.6 is 0 Å². The minimum atomic E-state index is -0.403. The van der Waals surface area contributed by atoms with Crippen molar-refractivity contribution >= 4 is 5.97 Å². The number of hydrogen-bond acceptors (Lipinski definition) is 7. The molecule has 202 valence electrons. The minimum Gasteiger partial charge on any atom is -0.494 e. The van der Waals surface area contributed by atoms with Gasteiger partial charge < -0.3 is 29.4 Å². The van der Waals surface area contributed by atoms with Gasteiger partial charge >= 0.3 is 5.97 Å². The Labute approximate surface area is 213 Å². The highest BCUT2D eigenvalue weighted by molar-refractivity contribution is 5.69. The number of carbonyl (C=O) groups excluding carboxylic acids is 1. The van der Waals surface area contributed by atoms with E-state index in [1.165, 1.54) is 0 Å². The lowest BCUT2D eigenvalue weighted by Gasteiger charge is -2.19. The van der Waals surface area contributed by atoms with Crippen LogP contribution in [0.4, 0.5) is 0 Å². The number of rotatable bonds is 21. The maximum Gasteiger partial charge on any atom is 0.306 e. The van der Waals surface area contributed by atoms with Gasteiger partial charge in [0, 0.05) is 25.7 Å². The normalized spacial score (nSPS) is 12.5. The number of carbonyl (C=O) groups is 1. The van der Waals surface area contributed by atoms with E-state index in [4.69, 9.17) is 29.4 Å². The molecule has 7 heteroatoms. The first-order chi connectivity index (χ1) is 16.8. The van der Waals surface area contributed by atoms with Crippen molar-refractivity contribution in [2.75, 3.05) is 46.2 Å². The van der Waals surface area contributed by atoms with E-state index in [0.717, 1.165) is 69.5 Å². The summed E-state index contributed by atoms with van der Waals surface area (Å²) in [5.74, 6) is 0.776. The van der Waals surface area contributed by atoms with Gasteiger partial charge in [0.25, 0.3) is 0 Å². The number of nitrogens with two attached hydrogens (primary N) is 1. The summed E-state index contributed by atoms with van der Waals surface area (Å²) in [4.78, 5) is 11.6. The summed E-state index contributed by atoms with van der Waals surface area (Å²) in [7, 11) is 0. The van der Waals surface area contributed by atoms with Crippen molar-refractivity contribution in [3.05, 3.63) is 29.8 Å². The Hall–Kier alpha value is -1.67. The second kappa shape index (κ2) is 19.5. The van der Waals surface area contributed by atoms with Crippen molar-refractivity contribution < 1.29 is 28.5 Å². The summed E-state index contributed by atoms with van der Waals surface area (Å²) in [6.07, 6.45) is 7.59. The number of esters is 1. The quantitative estimate of drug-likeness (QED) is 0.175. The van der Waals surface area contributed by atoms with Gasteiger partial charge in [0.1, 0.15) is 11.4 Å². The fourth-order valence-corrected chi connectivity index (χ4v) is 3.30. The third-order valence-corrected chi connectivity index (χ3v) is 5.19. The third kappa shape index (κ3) is 19.2. The van der Waals surface area contributed by atoms with Crippen molar-refractivity contribution in [3.63, 3.8) is 0 Å². The molecule has 0 radical (unpaired) electrons. The first-order valence-corrected chi connectivity index (χ1v) is 13.2. The molecular formula is C28H49NO6. The van der Waals surface area contributed by atoms with E-state index in [0.29, 0.717) is 39.5 Å². The highest BCUT2D eigenvalue weighted by Crippen LogP contribution is 2.16. The standard InChI is InChI=1S/C28H49NO6/c1-24(29)25-13-15-26(16-14-25)34-19-11-6-5-9-17-31-20-22-33-23-21-32-18-10-7-8-12-27(30)35-28(2,3)4/h13-16,24H,5-12,17-23,29H2,1-4H3/t24-/m1/s1. The van der Waals surface area contributed by atoms with E-state index < -0.39 is 5.60 Å². The molecule has 0 aliphatic rings. The molecule has 1 aromatic rings. The number of benzene rings is 1. The molecule has 0 aromatic heterocycles. The maximum atomic E-state index is 11.6. The molecule has 0 fully saturated rings. The van der Waals surface area contributed by atoms with Gasteiger partial charge in [0.2, 0.25) is 0 Å². The van der Waals surface area contributed by atoms with Crippen molar-refractivity contribution in [2.45, 2.75) is 90.7 Å². The van der Waals surface area contributed by atoms with E-state index in [2.05, 4.69) is 0 Å². The second-order valence-electron chi connectivity index (χ2n) is 9.85. The summed E-state index contributed by atoms with van der Waals surface area (Å²) >= 11 is 0. The first kappa shape index (κ1) is 31.4. The van der Waals surface area contributed by atoms with Gasteiger partial charge in [-0.05, 0) is 77.5 Å². The van der Waals surface area contributed by atoms with Crippen LogP contribution in [0.2, 0.25) is 0 Å². The summed E-state index contributed by atoms with van der Waals surface area (Å²) in [5.41, 5.74) is 6.58. The zero-order chi connectivity index (χ0) is 25.8. The van der Waals surface area contributed by atoms with Crippen molar-refractivity contribution in [2.24, 2.45) is 5.73 Å². The predicted octanol–water partition coefficient (Wildman–Crippen LogP) is 5.60. The summed E-state index contributed by atoms with van der Waals surface area (Å²) in [6, 6.07) is 8.06. The molecule has 7 nitrogen and oxygen atoms in total. The van der Waals surface area contributed by atoms with Crippen LogP contribution in [-0.2, 0) is 23.7 Å². The SMILES string of the molecule is C[C@@H](N)c1ccc(OCCCCCCOCCOCCOCCCCCC(=O)OC(C)(C)C)cc1. The third-order valence-electron chi connectivity index (χ3n) is 5.19. The van der Waals surface area contributed by atoms with Gasteiger partial charge in [-0.3, -0.25) is 4.79 Å². The fraction of sp³-hybridized carbons (Fsp3) is 0.750. The highest BCUT2D eigenvalue weighted by atomic mass is 16.6. The van der Waals surface area contributed by atoms with Gasteiger partial charge in [-0.2, -0.15) is 0 Å². The molecule has 0 unspecified atom stereocenters. The number of ether oxygens (including phenoxy) is 5. The molecule has 0 bridgehead atoms. The molecule has 35 heavy (non-hydrogen) atoms. The van der Waals surface area contributed by atoms with E-state index in [-0.39, 0.29) is 12.0 Å². The van der Waals surface area contributed by atoms with Crippen LogP contribution < -0.4 is 10.5 Å². The monoisotopic (exact) mass is 495 g/mol. The Balaban J connectivity index is 1.76. The average molecular weight is 496 g/mol. The lowest BCUT2D eigenvalue weighted by molar-refractivity contribution is -0.154. The molecule has 0 saturated carbocycles. The molecule has 0 aliphatic carbocycles.